The first-order valence-electron chi connectivity index (χ1n) is 12.3. The Hall–Kier alpha value is -4.82. The Morgan fingerprint density at radius 1 is 0.860 bits per heavy atom. The molecular formula is C28H27F6N3O6. The lowest BCUT2D eigenvalue weighted by Gasteiger charge is -2.20. The first-order valence-corrected chi connectivity index (χ1v) is 12.3. The minimum Gasteiger partial charge on any atom is -0.475 e. The minimum atomic E-state index is -5.08. The van der Waals surface area contributed by atoms with Crippen molar-refractivity contribution in [2.24, 2.45) is 0 Å². The quantitative estimate of drug-likeness (QED) is 0.256. The van der Waals surface area contributed by atoms with E-state index >= 15 is 0 Å². The number of nitrogens with one attached hydrogen (secondary N) is 2. The minimum absolute atomic E-state index is 0.125. The number of pyridine rings is 1. The summed E-state index contributed by atoms with van der Waals surface area (Å²) in [4.78, 5) is 36.8. The average molecular weight is 616 g/mol. The van der Waals surface area contributed by atoms with Crippen LogP contribution in [0.25, 0.3) is 0 Å². The number of hydrogen-bond donors (Lipinski definition) is 3. The lowest BCUT2D eigenvalue weighted by Crippen LogP contribution is -2.32. The summed E-state index contributed by atoms with van der Waals surface area (Å²) in [6.07, 6.45) is -10.6. The summed E-state index contributed by atoms with van der Waals surface area (Å²) in [6.45, 7) is 4.68. The zero-order valence-electron chi connectivity index (χ0n) is 23.0. The summed E-state index contributed by atoms with van der Waals surface area (Å²) >= 11 is 0. The van der Waals surface area contributed by atoms with Crippen LogP contribution >= 0.6 is 0 Å². The molecule has 0 saturated heterocycles. The smallest absolute Gasteiger partial charge is 0.475 e. The van der Waals surface area contributed by atoms with Crippen molar-refractivity contribution in [1.82, 2.24) is 10.3 Å². The molecule has 3 rings (SSSR count). The fourth-order valence-electron chi connectivity index (χ4n) is 3.05. The van der Waals surface area contributed by atoms with E-state index in [9.17, 15) is 35.9 Å². The molecular weight excluding hydrogens is 588 g/mol. The highest BCUT2D eigenvalue weighted by Crippen LogP contribution is 2.30. The number of benzene rings is 2. The van der Waals surface area contributed by atoms with Gasteiger partial charge in [-0.15, -0.1) is 0 Å². The van der Waals surface area contributed by atoms with Crippen LogP contribution in [0.4, 0.5) is 36.8 Å². The molecule has 232 valence electrons. The van der Waals surface area contributed by atoms with E-state index in [1.165, 1.54) is 6.07 Å². The molecule has 0 bridgehead atoms. The van der Waals surface area contributed by atoms with Crippen molar-refractivity contribution in [2.45, 2.75) is 51.9 Å². The van der Waals surface area contributed by atoms with Crippen molar-refractivity contribution in [2.75, 3.05) is 5.32 Å². The molecule has 43 heavy (non-hydrogen) atoms. The second-order valence-corrected chi connectivity index (χ2v) is 9.66. The Bertz CT molecular complexity index is 1410. The molecule has 1 aromatic heterocycles. The average Bonchev–Trinajstić information content (AvgIpc) is 2.90. The molecule has 0 aliphatic heterocycles. The molecule has 0 atom stereocenters. The first-order chi connectivity index (χ1) is 19.8. The van der Waals surface area contributed by atoms with Crippen LogP contribution in [0.2, 0.25) is 0 Å². The van der Waals surface area contributed by atoms with Gasteiger partial charge in [0.05, 0.1) is 0 Å². The number of hydrogen-bond acceptors (Lipinski definition) is 6. The van der Waals surface area contributed by atoms with Crippen LogP contribution in [-0.2, 0) is 28.9 Å². The normalized spacial score (nSPS) is 11.5. The van der Waals surface area contributed by atoms with Gasteiger partial charge in [0.1, 0.15) is 17.9 Å². The molecule has 1 heterocycles. The highest BCUT2D eigenvalue weighted by molar-refractivity contribution is 6.04. The summed E-state index contributed by atoms with van der Waals surface area (Å²) < 4.78 is 82.5. The van der Waals surface area contributed by atoms with Gasteiger partial charge in [-0.1, -0.05) is 30.3 Å². The predicted octanol–water partition coefficient (Wildman–Crippen LogP) is 6.59. The number of para-hydroxylation sites is 1. The SMILES string of the molecule is CC(C)(C)OC(=O)NCc1cc(OCc2cccc(C(=O)Nc3ccccc3)c2)nc(C(F)(F)F)c1.O=C(O)C(F)(F)F. The molecule has 0 saturated carbocycles. The molecule has 2 amide bonds. The van der Waals surface area contributed by atoms with E-state index in [0.717, 1.165) is 6.07 Å². The van der Waals surface area contributed by atoms with Crippen LogP contribution in [0, 0.1) is 0 Å². The number of amides is 2. The Morgan fingerprint density at radius 2 is 1.49 bits per heavy atom. The molecule has 0 aliphatic carbocycles. The molecule has 0 radical (unpaired) electrons. The molecule has 0 fully saturated rings. The first kappa shape index (κ1) is 34.4. The Kier molecular flexibility index (Phi) is 11.5. The number of aliphatic carboxylic acids is 1. The number of carboxylic acid groups (broad SMARTS) is 1. The topological polar surface area (TPSA) is 127 Å². The van der Waals surface area contributed by atoms with E-state index < -0.39 is 35.7 Å². The van der Waals surface area contributed by atoms with E-state index in [2.05, 4.69) is 15.6 Å². The summed E-state index contributed by atoms with van der Waals surface area (Å²) in [5.41, 5.74) is -0.223. The number of nitrogens with zero attached hydrogens (tertiary/aromatic N) is 1. The maximum Gasteiger partial charge on any atom is 0.490 e. The van der Waals surface area contributed by atoms with E-state index in [1.54, 1.807) is 69.3 Å². The van der Waals surface area contributed by atoms with Crippen molar-refractivity contribution in [3.63, 3.8) is 0 Å². The third-order valence-electron chi connectivity index (χ3n) is 4.84. The maximum atomic E-state index is 13.4. The highest BCUT2D eigenvalue weighted by atomic mass is 19.4. The molecule has 0 aliphatic rings. The van der Waals surface area contributed by atoms with Gasteiger partial charge in [-0.05, 0) is 62.2 Å². The predicted molar refractivity (Wildman–Crippen MR) is 141 cm³/mol. The summed E-state index contributed by atoms with van der Waals surface area (Å²) in [7, 11) is 0. The fraction of sp³-hybridized carbons (Fsp3) is 0.286. The van der Waals surface area contributed by atoms with Crippen LogP contribution in [0.15, 0.2) is 66.7 Å². The van der Waals surface area contributed by atoms with Gasteiger partial charge in [0.2, 0.25) is 5.88 Å². The van der Waals surface area contributed by atoms with E-state index in [0.29, 0.717) is 16.8 Å². The van der Waals surface area contributed by atoms with E-state index in [-0.39, 0.29) is 30.5 Å². The van der Waals surface area contributed by atoms with Gasteiger partial charge in [-0.25, -0.2) is 14.6 Å². The summed E-state index contributed by atoms with van der Waals surface area (Å²) in [6, 6.07) is 17.6. The van der Waals surface area contributed by atoms with Crippen LogP contribution in [-0.4, -0.2) is 39.8 Å². The zero-order valence-corrected chi connectivity index (χ0v) is 23.0. The van der Waals surface area contributed by atoms with Gasteiger partial charge in [-0.2, -0.15) is 26.3 Å². The Labute approximate surface area is 241 Å². The lowest BCUT2D eigenvalue weighted by molar-refractivity contribution is -0.192. The van der Waals surface area contributed by atoms with E-state index in [4.69, 9.17) is 19.4 Å². The third kappa shape index (κ3) is 12.7. The second kappa shape index (κ2) is 14.4. The van der Waals surface area contributed by atoms with Gasteiger partial charge < -0.3 is 25.2 Å². The van der Waals surface area contributed by atoms with Gasteiger partial charge in [0.15, 0.2) is 0 Å². The summed E-state index contributed by atoms with van der Waals surface area (Å²) in [5, 5.41) is 12.3. The number of anilines is 1. The van der Waals surface area contributed by atoms with Crippen LogP contribution in [0.5, 0.6) is 5.88 Å². The molecule has 15 heteroatoms. The number of aromatic nitrogens is 1. The number of alkyl carbamates (subject to hydrolysis) is 1. The number of rotatable bonds is 7. The number of halogens is 6. The van der Waals surface area contributed by atoms with Crippen molar-refractivity contribution in [3.05, 3.63) is 89.1 Å². The van der Waals surface area contributed by atoms with Crippen molar-refractivity contribution in [3.8, 4) is 5.88 Å². The van der Waals surface area contributed by atoms with Crippen LogP contribution < -0.4 is 15.4 Å². The van der Waals surface area contributed by atoms with Crippen molar-refractivity contribution >= 4 is 23.7 Å². The number of carbonyl (C=O) groups excluding carboxylic acids is 2. The molecule has 2 aromatic carbocycles. The fourth-order valence-corrected chi connectivity index (χ4v) is 3.05. The Morgan fingerprint density at radius 3 is 2.05 bits per heavy atom. The van der Waals surface area contributed by atoms with Crippen molar-refractivity contribution in [1.29, 1.82) is 0 Å². The molecule has 3 N–H and O–H groups in total. The van der Waals surface area contributed by atoms with Gasteiger partial charge in [0.25, 0.3) is 5.91 Å². The largest absolute Gasteiger partial charge is 0.490 e. The van der Waals surface area contributed by atoms with Crippen LogP contribution in [0.3, 0.4) is 0 Å². The summed E-state index contributed by atoms with van der Waals surface area (Å²) in [5.74, 6) is -3.37. The van der Waals surface area contributed by atoms with Crippen molar-refractivity contribution < 1.29 is 55.3 Å². The van der Waals surface area contributed by atoms with Gasteiger partial charge in [-0.3, -0.25) is 4.79 Å². The van der Waals surface area contributed by atoms with Crippen LogP contribution in [0.1, 0.15) is 48.0 Å². The zero-order chi connectivity index (χ0) is 32.4. The molecule has 0 spiro atoms. The standard InChI is InChI=1S/C26H26F3N3O4.C2HF3O2/c1-25(2,3)36-24(34)30-15-18-13-21(26(27,28)29)32-22(14-18)35-16-17-8-7-9-19(12-17)23(33)31-20-10-5-4-6-11-20;3-2(4,5)1(6)7/h4-14H,15-16H2,1-3H3,(H,30,34)(H,31,33);(H,6,7). The number of carboxylic acids is 1. The Balaban J connectivity index is 0.000000821. The second-order valence-electron chi connectivity index (χ2n) is 9.66. The number of carbonyl (C=O) groups is 3. The van der Waals surface area contributed by atoms with Gasteiger partial charge in [0, 0.05) is 23.9 Å². The number of alkyl halides is 6. The molecule has 0 unspecified atom stereocenters. The number of ether oxygens (including phenoxy) is 2. The van der Waals surface area contributed by atoms with Gasteiger partial charge >= 0.3 is 24.4 Å². The molecule has 9 nitrogen and oxygen atoms in total. The monoisotopic (exact) mass is 615 g/mol. The van der Waals surface area contributed by atoms with E-state index in [1.807, 2.05) is 6.07 Å². The lowest BCUT2D eigenvalue weighted by atomic mass is 10.1. The third-order valence-corrected chi connectivity index (χ3v) is 4.84. The highest BCUT2D eigenvalue weighted by Gasteiger charge is 2.38. The maximum absolute atomic E-state index is 13.4. The molecule has 3 aromatic rings.